The fraction of sp³-hybridized carbons (Fsp3) is 0.800. The molecule has 0 spiro atoms. The molecule has 0 aromatic carbocycles. The van der Waals surface area contributed by atoms with Crippen molar-refractivity contribution in [1.82, 2.24) is 4.90 Å². The van der Waals surface area contributed by atoms with Crippen molar-refractivity contribution >= 4 is 12.0 Å². The Labute approximate surface area is 97.7 Å². The van der Waals surface area contributed by atoms with E-state index in [9.17, 15) is 18.4 Å². The summed E-state index contributed by atoms with van der Waals surface area (Å²) in [6.45, 7) is 4.01. The van der Waals surface area contributed by atoms with Crippen LogP contribution in [0.1, 0.15) is 20.8 Å². The molecule has 0 radical (unpaired) electrons. The van der Waals surface area contributed by atoms with Gasteiger partial charge in [-0.2, -0.15) is 0 Å². The third-order valence-corrected chi connectivity index (χ3v) is 2.00. The fourth-order valence-corrected chi connectivity index (χ4v) is 1.33. The van der Waals surface area contributed by atoms with Gasteiger partial charge in [0.2, 0.25) is 0 Å². The maximum atomic E-state index is 12.7. The zero-order valence-corrected chi connectivity index (χ0v) is 9.91. The van der Waals surface area contributed by atoms with E-state index in [0.717, 1.165) is 0 Å². The monoisotopic (exact) mass is 251 g/mol. The lowest BCUT2D eigenvalue weighted by Gasteiger charge is -2.34. The molecule has 17 heavy (non-hydrogen) atoms. The molecule has 5 nitrogen and oxygen atoms in total. The van der Waals surface area contributed by atoms with Gasteiger partial charge in [-0.25, -0.2) is 18.5 Å². The molecule has 7 heteroatoms. The molecule has 0 saturated carbocycles. The van der Waals surface area contributed by atoms with Gasteiger partial charge in [0, 0.05) is 0 Å². The minimum absolute atomic E-state index is 0.372. The molecule has 0 aromatic heterocycles. The van der Waals surface area contributed by atoms with Crippen LogP contribution in [0.15, 0.2) is 0 Å². The molecule has 1 atom stereocenters. The normalized spacial score (nSPS) is 21.9. The molecule has 1 rings (SSSR count). The van der Waals surface area contributed by atoms with Crippen LogP contribution in [0, 0.1) is 0 Å². The Bertz CT molecular complexity index is 314. The molecule has 2 amide bonds. The van der Waals surface area contributed by atoms with Crippen molar-refractivity contribution in [2.75, 3.05) is 13.2 Å². The summed E-state index contributed by atoms with van der Waals surface area (Å²) in [4.78, 5) is 23.5. The summed E-state index contributed by atoms with van der Waals surface area (Å²) in [7, 11) is 0. The highest BCUT2D eigenvalue weighted by molar-refractivity contribution is 5.93. The fourth-order valence-electron chi connectivity index (χ4n) is 1.33. The van der Waals surface area contributed by atoms with Crippen LogP contribution < -0.4 is 0 Å². The van der Waals surface area contributed by atoms with E-state index in [2.05, 4.69) is 4.74 Å². The average Bonchev–Trinajstić information content (AvgIpc) is 2.13. The summed E-state index contributed by atoms with van der Waals surface area (Å²) >= 11 is 0. The highest BCUT2D eigenvalue weighted by Gasteiger charge is 2.41. The van der Waals surface area contributed by atoms with Gasteiger partial charge in [0.15, 0.2) is 0 Å². The predicted molar refractivity (Wildman–Crippen MR) is 53.7 cm³/mol. The average molecular weight is 251 g/mol. The van der Waals surface area contributed by atoms with E-state index in [1.165, 1.54) is 0 Å². The van der Waals surface area contributed by atoms with Crippen molar-refractivity contribution in [2.24, 2.45) is 0 Å². The second kappa shape index (κ2) is 4.95. The maximum Gasteiger partial charge on any atom is 0.417 e. The van der Waals surface area contributed by atoms with E-state index in [-0.39, 0.29) is 13.2 Å². The van der Waals surface area contributed by atoms with Crippen molar-refractivity contribution in [3.63, 3.8) is 0 Å². The number of imide groups is 1. The van der Waals surface area contributed by atoms with Gasteiger partial charge in [-0.1, -0.05) is 0 Å². The number of amides is 2. The number of hydrogen-bond acceptors (Lipinski definition) is 4. The first-order valence-electron chi connectivity index (χ1n) is 5.13. The Morgan fingerprint density at radius 3 is 2.59 bits per heavy atom. The molecule has 1 aliphatic rings. The summed E-state index contributed by atoms with van der Waals surface area (Å²) in [6, 6.07) is -1.58. The lowest BCUT2D eigenvalue weighted by Crippen LogP contribution is -2.56. The van der Waals surface area contributed by atoms with Crippen LogP contribution in [0.4, 0.5) is 13.6 Å². The van der Waals surface area contributed by atoms with Crippen LogP contribution in [-0.4, -0.2) is 48.2 Å². The largest absolute Gasteiger partial charge is 0.443 e. The third kappa shape index (κ3) is 3.62. The van der Waals surface area contributed by atoms with Crippen LogP contribution in [0.3, 0.4) is 0 Å². The zero-order chi connectivity index (χ0) is 13.2. The Balaban J connectivity index is 2.82. The Morgan fingerprint density at radius 1 is 1.53 bits per heavy atom. The molecule has 0 aromatic rings. The van der Waals surface area contributed by atoms with Crippen LogP contribution in [0.5, 0.6) is 0 Å². The molecular weight excluding hydrogens is 236 g/mol. The summed E-state index contributed by atoms with van der Waals surface area (Å²) in [5.74, 6) is -0.809. The highest BCUT2D eigenvalue weighted by atomic mass is 19.3. The van der Waals surface area contributed by atoms with Gasteiger partial charge < -0.3 is 9.47 Å². The molecule has 0 bridgehead atoms. The van der Waals surface area contributed by atoms with Crippen LogP contribution in [0.25, 0.3) is 0 Å². The van der Waals surface area contributed by atoms with E-state index in [0.29, 0.717) is 4.90 Å². The molecular formula is C10H15F2NO4. The molecule has 1 aliphatic heterocycles. The lowest BCUT2D eigenvalue weighted by molar-refractivity contribution is -0.153. The van der Waals surface area contributed by atoms with Gasteiger partial charge >= 0.3 is 6.09 Å². The molecule has 1 saturated heterocycles. The van der Waals surface area contributed by atoms with E-state index < -0.39 is 30.1 Å². The van der Waals surface area contributed by atoms with Crippen molar-refractivity contribution < 1.29 is 27.8 Å². The second-order valence-corrected chi connectivity index (χ2v) is 4.66. The van der Waals surface area contributed by atoms with E-state index in [1.54, 1.807) is 20.8 Å². The minimum Gasteiger partial charge on any atom is -0.443 e. The highest BCUT2D eigenvalue weighted by Crippen LogP contribution is 2.19. The van der Waals surface area contributed by atoms with Crippen molar-refractivity contribution in [3.8, 4) is 0 Å². The number of ether oxygens (including phenoxy) is 2. The summed E-state index contributed by atoms with van der Waals surface area (Å²) in [5.41, 5.74) is -0.845. The number of alkyl halides is 2. The standard InChI is InChI=1S/C10H15F2NO4/c1-10(2,3)17-9(15)13-6(8(11)12)4-16-5-7(13)14/h6,8H,4-5H2,1-3H3/t6-/m0/s1. The quantitative estimate of drug-likeness (QED) is 0.707. The zero-order valence-electron chi connectivity index (χ0n) is 9.91. The minimum atomic E-state index is -2.85. The van der Waals surface area contributed by atoms with Crippen molar-refractivity contribution in [2.45, 2.75) is 38.8 Å². The maximum absolute atomic E-state index is 12.7. The van der Waals surface area contributed by atoms with Gasteiger partial charge in [0.25, 0.3) is 12.3 Å². The van der Waals surface area contributed by atoms with Gasteiger partial charge in [-0.05, 0) is 20.8 Å². The smallest absolute Gasteiger partial charge is 0.417 e. The van der Waals surface area contributed by atoms with Gasteiger partial charge in [0.1, 0.15) is 18.2 Å². The first-order chi connectivity index (χ1) is 7.72. The predicted octanol–water partition coefficient (Wildman–Crippen LogP) is 1.41. The SMILES string of the molecule is CC(C)(C)OC(=O)N1C(=O)COC[C@H]1C(F)F. The molecule has 0 aliphatic carbocycles. The molecule has 1 fully saturated rings. The number of carbonyl (C=O) groups is 2. The van der Waals surface area contributed by atoms with Gasteiger partial charge in [-0.3, -0.25) is 4.79 Å². The number of nitrogens with zero attached hydrogens (tertiary/aromatic N) is 1. The van der Waals surface area contributed by atoms with Crippen LogP contribution >= 0.6 is 0 Å². The van der Waals surface area contributed by atoms with E-state index in [1.807, 2.05) is 0 Å². The number of morpholine rings is 1. The van der Waals surface area contributed by atoms with Gasteiger partial charge in [0.05, 0.1) is 6.61 Å². The lowest BCUT2D eigenvalue weighted by atomic mass is 10.2. The molecule has 0 unspecified atom stereocenters. The molecule has 98 valence electrons. The van der Waals surface area contributed by atoms with E-state index >= 15 is 0 Å². The number of hydrogen-bond donors (Lipinski definition) is 0. The van der Waals surface area contributed by atoms with Crippen LogP contribution in [0.2, 0.25) is 0 Å². The number of halogens is 2. The Hall–Kier alpha value is -1.24. The Kier molecular flexibility index (Phi) is 4.03. The van der Waals surface area contributed by atoms with Crippen LogP contribution in [-0.2, 0) is 14.3 Å². The second-order valence-electron chi connectivity index (χ2n) is 4.66. The summed E-state index contributed by atoms with van der Waals surface area (Å²) < 4.78 is 34.9. The summed E-state index contributed by atoms with van der Waals surface area (Å²) in [5, 5.41) is 0. The summed E-state index contributed by atoms with van der Waals surface area (Å²) in [6.07, 6.45) is -3.91. The third-order valence-electron chi connectivity index (χ3n) is 2.00. The first kappa shape index (κ1) is 13.8. The molecule has 1 heterocycles. The van der Waals surface area contributed by atoms with Crippen molar-refractivity contribution in [3.05, 3.63) is 0 Å². The van der Waals surface area contributed by atoms with Crippen molar-refractivity contribution in [1.29, 1.82) is 0 Å². The Morgan fingerprint density at radius 2 is 2.12 bits per heavy atom. The first-order valence-corrected chi connectivity index (χ1v) is 5.13. The molecule has 0 N–H and O–H groups in total. The number of rotatable bonds is 1. The number of carbonyl (C=O) groups excluding carboxylic acids is 2. The topological polar surface area (TPSA) is 55.8 Å². The van der Waals surface area contributed by atoms with E-state index in [4.69, 9.17) is 4.74 Å². The van der Waals surface area contributed by atoms with Gasteiger partial charge in [-0.15, -0.1) is 0 Å².